The van der Waals surface area contributed by atoms with E-state index in [1.807, 2.05) is 13.8 Å². The molecule has 0 aromatic heterocycles. The molecule has 1 saturated heterocycles. The number of nitrogens with one attached hydrogen (secondary N) is 1. The van der Waals surface area contributed by atoms with E-state index in [0.29, 0.717) is 0 Å². The van der Waals surface area contributed by atoms with E-state index in [4.69, 9.17) is 0 Å². The average molecular weight is 171 g/mol. The minimum atomic E-state index is -0.814. The van der Waals surface area contributed by atoms with Crippen molar-refractivity contribution in [3.8, 4) is 0 Å². The Labute approximate surface area is 71.0 Å². The normalized spacial score (nSPS) is 30.7. The fourth-order valence-electron chi connectivity index (χ4n) is 1.51. The van der Waals surface area contributed by atoms with Gasteiger partial charge in [-0.3, -0.25) is 14.9 Å². The van der Waals surface area contributed by atoms with Crippen LogP contribution in [-0.4, -0.2) is 23.0 Å². The molecule has 68 valence electrons. The molecule has 0 aromatic rings. The Morgan fingerprint density at radius 1 is 1.50 bits per heavy atom. The second-order valence-electron chi connectivity index (χ2n) is 3.45. The van der Waals surface area contributed by atoms with Gasteiger partial charge in [-0.1, -0.05) is 13.8 Å². The van der Waals surface area contributed by atoms with Gasteiger partial charge in [-0.25, -0.2) is 0 Å². The van der Waals surface area contributed by atoms with Crippen LogP contribution < -0.4 is 5.32 Å². The number of hydrogen-bond acceptors (Lipinski definition) is 3. The number of amides is 2. The zero-order chi connectivity index (χ0) is 9.30. The van der Waals surface area contributed by atoms with Crippen molar-refractivity contribution < 1.29 is 14.7 Å². The van der Waals surface area contributed by atoms with E-state index in [2.05, 4.69) is 5.32 Å². The van der Waals surface area contributed by atoms with Crippen LogP contribution in [-0.2, 0) is 9.59 Å². The Hall–Kier alpha value is -0.900. The number of carbonyl (C=O) groups excluding carboxylic acids is 2. The van der Waals surface area contributed by atoms with Crippen molar-refractivity contribution in [1.29, 1.82) is 0 Å². The minimum absolute atomic E-state index is 0.0363. The van der Waals surface area contributed by atoms with E-state index in [0.717, 1.165) is 0 Å². The summed E-state index contributed by atoms with van der Waals surface area (Å²) in [5.74, 6) is -1.12. The standard InChI is InChI=1S/C8H13NO3/c1-4(2)7-5(10)3-6(11)9-8(7)12/h4-5,7,10H,3H2,1-2H3,(H,9,11,12). The van der Waals surface area contributed by atoms with Gasteiger partial charge in [-0.05, 0) is 5.92 Å². The van der Waals surface area contributed by atoms with Crippen molar-refractivity contribution in [1.82, 2.24) is 5.32 Å². The van der Waals surface area contributed by atoms with Gasteiger partial charge in [0.2, 0.25) is 11.8 Å². The Balaban J connectivity index is 2.73. The van der Waals surface area contributed by atoms with E-state index in [1.54, 1.807) is 0 Å². The molecule has 4 heteroatoms. The molecule has 0 radical (unpaired) electrons. The maximum Gasteiger partial charge on any atom is 0.232 e. The third-order valence-corrected chi connectivity index (χ3v) is 2.09. The van der Waals surface area contributed by atoms with Crippen molar-refractivity contribution in [3.05, 3.63) is 0 Å². The first kappa shape index (κ1) is 9.19. The number of carbonyl (C=O) groups is 2. The van der Waals surface area contributed by atoms with Crippen LogP contribution in [0.25, 0.3) is 0 Å². The van der Waals surface area contributed by atoms with Gasteiger partial charge in [0.25, 0.3) is 0 Å². The minimum Gasteiger partial charge on any atom is -0.392 e. The van der Waals surface area contributed by atoms with Crippen LogP contribution in [0, 0.1) is 11.8 Å². The van der Waals surface area contributed by atoms with Crippen LogP contribution in [0.15, 0.2) is 0 Å². The Morgan fingerprint density at radius 3 is 2.50 bits per heavy atom. The van der Waals surface area contributed by atoms with Crippen LogP contribution >= 0.6 is 0 Å². The second kappa shape index (κ2) is 3.23. The van der Waals surface area contributed by atoms with E-state index < -0.39 is 12.0 Å². The van der Waals surface area contributed by atoms with Gasteiger partial charge >= 0.3 is 0 Å². The smallest absolute Gasteiger partial charge is 0.232 e. The third kappa shape index (κ3) is 1.64. The summed E-state index contributed by atoms with van der Waals surface area (Å²) in [6.07, 6.45) is -0.777. The fourth-order valence-corrected chi connectivity index (χ4v) is 1.51. The molecule has 2 N–H and O–H groups in total. The zero-order valence-corrected chi connectivity index (χ0v) is 7.20. The number of aliphatic hydroxyl groups excluding tert-OH is 1. The summed E-state index contributed by atoms with van der Waals surface area (Å²) in [5.41, 5.74) is 0. The topological polar surface area (TPSA) is 66.4 Å². The lowest BCUT2D eigenvalue weighted by atomic mass is 9.85. The molecule has 0 saturated carbocycles. The molecule has 1 aliphatic heterocycles. The summed E-state index contributed by atoms with van der Waals surface area (Å²) in [6, 6.07) is 0. The molecule has 0 aliphatic carbocycles. The second-order valence-corrected chi connectivity index (χ2v) is 3.45. The fraction of sp³-hybridized carbons (Fsp3) is 0.750. The van der Waals surface area contributed by atoms with Crippen molar-refractivity contribution >= 4 is 11.8 Å². The first-order valence-electron chi connectivity index (χ1n) is 4.04. The van der Waals surface area contributed by atoms with Gasteiger partial charge in [0, 0.05) is 0 Å². The Bertz CT molecular complexity index is 212. The molecular weight excluding hydrogens is 158 g/mol. The summed E-state index contributed by atoms with van der Waals surface area (Å²) >= 11 is 0. The maximum absolute atomic E-state index is 11.2. The van der Waals surface area contributed by atoms with Gasteiger partial charge in [0.05, 0.1) is 18.4 Å². The van der Waals surface area contributed by atoms with Crippen LogP contribution in [0.4, 0.5) is 0 Å². The zero-order valence-electron chi connectivity index (χ0n) is 7.20. The predicted octanol–water partition coefficient (Wildman–Crippen LogP) is -0.334. The summed E-state index contributed by atoms with van der Waals surface area (Å²) in [5, 5.41) is 11.6. The molecule has 4 nitrogen and oxygen atoms in total. The lowest BCUT2D eigenvalue weighted by Crippen LogP contribution is -2.50. The summed E-state index contributed by atoms with van der Waals surface area (Å²) in [7, 11) is 0. The number of piperidine rings is 1. The number of imide groups is 1. The van der Waals surface area contributed by atoms with E-state index >= 15 is 0 Å². The van der Waals surface area contributed by atoms with E-state index in [1.165, 1.54) is 0 Å². The van der Waals surface area contributed by atoms with Gasteiger partial charge < -0.3 is 5.11 Å². The monoisotopic (exact) mass is 171 g/mol. The first-order chi connectivity index (χ1) is 5.52. The molecule has 2 amide bonds. The van der Waals surface area contributed by atoms with Gasteiger partial charge in [-0.2, -0.15) is 0 Å². The highest BCUT2D eigenvalue weighted by Crippen LogP contribution is 2.21. The van der Waals surface area contributed by atoms with Gasteiger partial charge in [0.15, 0.2) is 0 Å². The van der Waals surface area contributed by atoms with Gasteiger partial charge in [0.1, 0.15) is 0 Å². The molecule has 1 aliphatic rings. The highest BCUT2D eigenvalue weighted by Gasteiger charge is 2.36. The molecule has 2 atom stereocenters. The quantitative estimate of drug-likeness (QED) is 0.531. The Morgan fingerprint density at radius 2 is 2.08 bits per heavy atom. The highest BCUT2D eigenvalue weighted by molar-refractivity contribution is 5.99. The van der Waals surface area contributed by atoms with Crippen LogP contribution in [0.2, 0.25) is 0 Å². The van der Waals surface area contributed by atoms with E-state index in [-0.39, 0.29) is 24.2 Å². The number of rotatable bonds is 1. The maximum atomic E-state index is 11.2. The molecular formula is C8H13NO3. The van der Waals surface area contributed by atoms with E-state index in [9.17, 15) is 14.7 Å². The molecule has 1 rings (SSSR count). The Kier molecular flexibility index (Phi) is 2.47. The molecule has 0 bridgehead atoms. The summed E-state index contributed by atoms with van der Waals surface area (Å²) in [6.45, 7) is 3.70. The molecule has 12 heavy (non-hydrogen) atoms. The SMILES string of the molecule is CC(C)C1C(=O)NC(=O)CC1O. The molecule has 1 fully saturated rings. The number of hydrogen-bond donors (Lipinski definition) is 2. The van der Waals surface area contributed by atoms with Crippen LogP contribution in [0.5, 0.6) is 0 Å². The lowest BCUT2D eigenvalue weighted by Gasteiger charge is -2.28. The highest BCUT2D eigenvalue weighted by atomic mass is 16.3. The van der Waals surface area contributed by atoms with Crippen LogP contribution in [0.3, 0.4) is 0 Å². The summed E-state index contributed by atoms with van der Waals surface area (Å²) < 4.78 is 0. The van der Waals surface area contributed by atoms with Crippen molar-refractivity contribution in [2.75, 3.05) is 0 Å². The van der Waals surface area contributed by atoms with Gasteiger partial charge in [-0.15, -0.1) is 0 Å². The predicted molar refractivity (Wildman–Crippen MR) is 42.1 cm³/mol. The van der Waals surface area contributed by atoms with Crippen LogP contribution in [0.1, 0.15) is 20.3 Å². The molecule has 1 heterocycles. The average Bonchev–Trinajstić information content (AvgIpc) is 1.82. The first-order valence-corrected chi connectivity index (χ1v) is 4.04. The van der Waals surface area contributed by atoms with Crippen molar-refractivity contribution in [2.24, 2.45) is 11.8 Å². The number of aliphatic hydroxyl groups is 1. The van der Waals surface area contributed by atoms with Crippen molar-refractivity contribution in [2.45, 2.75) is 26.4 Å². The third-order valence-electron chi connectivity index (χ3n) is 2.09. The van der Waals surface area contributed by atoms with Crippen molar-refractivity contribution in [3.63, 3.8) is 0 Å². The lowest BCUT2D eigenvalue weighted by molar-refractivity contribution is -0.143. The molecule has 2 unspecified atom stereocenters. The molecule has 0 aromatic carbocycles. The largest absolute Gasteiger partial charge is 0.392 e. The molecule has 0 spiro atoms. The summed E-state index contributed by atoms with van der Waals surface area (Å²) in [4.78, 5) is 21.9.